The fourth-order valence-corrected chi connectivity index (χ4v) is 1.79. The number of rotatable bonds is 4. The zero-order valence-electron chi connectivity index (χ0n) is 9.91. The average molecular weight is 250 g/mol. The first-order valence-corrected chi connectivity index (χ1v) is 5.76. The Hall–Kier alpha value is -1.88. The zero-order chi connectivity index (χ0) is 13.0. The Kier molecular flexibility index (Phi) is 3.94. The highest BCUT2D eigenvalue weighted by Gasteiger charge is 2.16. The lowest BCUT2D eigenvalue weighted by molar-refractivity contribution is 0.0945. The summed E-state index contributed by atoms with van der Waals surface area (Å²) in [7, 11) is 0. The van der Waals surface area contributed by atoms with E-state index in [1.165, 1.54) is 0 Å². The van der Waals surface area contributed by atoms with Gasteiger partial charge in [0.1, 0.15) is 12.4 Å². The summed E-state index contributed by atoms with van der Waals surface area (Å²) >= 11 is 0. The van der Waals surface area contributed by atoms with E-state index in [2.05, 4.69) is 5.32 Å². The van der Waals surface area contributed by atoms with Crippen LogP contribution in [0.1, 0.15) is 15.9 Å². The number of fused-ring (bicyclic) bond motifs is 1. The van der Waals surface area contributed by atoms with Gasteiger partial charge in [0, 0.05) is 24.2 Å². The summed E-state index contributed by atoms with van der Waals surface area (Å²) in [5.74, 6) is 0.445. The van der Waals surface area contributed by atoms with Gasteiger partial charge in [0.05, 0.1) is 6.33 Å². The largest absolute Gasteiger partial charge is 0.489 e. The summed E-state index contributed by atoms with van der Waals surface area (Å²) in [6.45, 7) is 0.864. The summed E-state index contributed by atoms with van der Waals surface area (Å²) in [5, 5.41) is 2.77. The van der Waals surface area contributed by atoms with Gasteiger partial charge in [-0.2, -0.15) is 0 Å². The SMILES string of the molecule is NC/C(=C/F)COc1ccc2c(c1)C(=O)NCC2. The summed E-state index contributed by atoms with van der Waals surface area (Å²) in [6, 6.07) is 5.32. The lowest BCUT2D eigenvalue weighted by atomic mass is 10.0. The first kappa shape index (κ1) is 12.6. The molecule has 0 atom stereocenters. The maximum absolute atomic E-state index is 12.3. The Labute approximate surface area is 105 Å². The van der Waals surface area contributed by atoms with Crippen molar-refractivity contribution in [2.75, 3.05) is 19.7 Å². The maximum atomic E-state index is 12.3. The van der Waals surface area contributed by atoms with Crippen molar-refractivity contribution in [3.8, 4) is 5.75 Å². The highest BCUT2D eigenvalue weighted by Crippen LogP contribution is 2.21. The van der Waals surface area contributed by atoms with Crippen LogP contribution in [0.4, 0.5) is 4.39 Å². The third kappa shape index (κ3) is 2.68. The molecular weight excluding hydrogens is 235 g/mol. The van der Waals surface area contributed by atoms with Gasteiger partial charge in [-0.1, -0.05) is 6.07 Å². The van der Waals surface area contributed by atoms with Crippen LogP contribution in [0.5, 0.6) is 5.75 Å². The Bertz CT molecular complexity index is 486. The molecule has 1 aromatic carbocycles. The quantitative estimate of drug-likeness (QED) is 0.843. The molecule has 4 nitrogen and oxygen atoms in total. The van der Waals surface area contributed by atoms with Crippen molar-refractivity contribution >= 4 is 5.91 Å². The van der Waals surface area contributed by atoms with Gasteiger partial charge in [-0.3, -0.25) is 4.79 Å². The van der Waals surface area contributed by atoms with Crippen molar-refractivity contribution in [3.63, 3.8) is 0 Å². The van der Waals surface area contributed by atoms with Crippen LogP contribution in [0, 0.1) is 0 Å². The van der Waals surface area contributed by atoms with Gasteiger partial charge in [0.15, 0.2) is 0 Å². The van der Waals surface area contributed by atoms with Crippen molar-refractivity contribution in [1.82, 2.24) is 5.32 Å². The number of amides is 1. The van der Waals surface area contributed by atoms with Crippen LogP contribution in [0.15, 0.2) is 30.1 Å². The second-order valence-electron chi connectivity index (χ2n) is 4.09. The first-order valence-electron chi connectivity index (χ1n) is 5.76. The number of carbonyl (C=O) groups is 1. The van der Waals surface area contributed by atoms with E-state index in [1.54, 1.807) is 12.1 Å². The molecule has 1 aliphatic rings. The normalized spacial score (nSPS) is 15.0. The molecule has 0 radical (unpaired) electrons. The lowest BCUT2D eigenvalue weighted by Gasteiger charge is -2.17. The Morgan fingerprint density at radius 3 is 3.11 bits per heavy atom. The second kappa shape index (κ2) is 5.64. The smallest absolute Gasteiger partial charge is 0.251 e. The maximum Gasteiger partial charge on any atom is 0.251 e. The molecule has 1 aliphatic heterocycles. The predicted molar refractivity (Wildman–Crippen MR) is 66.2 cm³/mol. The molecule has 1 aromatic rings. The molecule has 0 fully saturated rings. The molecule has 0 aromatic heterocycles. The van der Waals surface area contributed by atoms with Crippen LogP contribution in [-0.4, -0.2) is 25.6 Å². The van der Waals surface area contributed by atoms with E-state index < -0.39 is 0 Å². The van der Waals surface area contributed by atoms with Crippen molar-refractivity contribution in [3.05, 3.63) is 41.2 Å². The monoisotopic (exact) mass is 250 g/mol. The average Bonchev–Trinajstić information content (AvgIpc) is 2.41. The van der Waals surface area contributed by atoms with E-state index in [9.17, 15) is 9.18 Å². The van der Waals surface area contributed by atoms with E-state index in [-0.39, 0.29) is 19.1 Å². The van der Waals surface area contributed by atoms with Gasteiger partial charge >= 0.3 is 0 Å². The fraction of sp³-hybridized carbons (Fsp3) is 0.308. The fourth-order valence-electron chi connectivity index (χ4n) is 1.79. The molecule has 1 heterocycles. The molecule has 0 saturated heterocycles. The summed E-state index contributed by atoms with van der Waals surface area (Å²) in [6.07, 6.45) is 1.27. The third-order valence-corrected chi connectivity index (χ3v) is 2.85. The number of halogens is 1. The van der Waals surface area contributed by atoms with Crippen LogP contribution in [0.3, 0.4) is 0 Å². The molecule has 0 unspecified atom stereocenters. The number of hydrogen-bond donors (Lipinski definition) is 2. The minimum atomic E-state index is -0.0956. The predicted octanol–water partition coefficient (Wildman–Crippen LogP) is 1.16. The molecule has 0 aliphatic carbocycles. The van der Waals surface area contributed by atoms with E-state index in [0.29, 0.717) is 29.8 Å². The summed E-state index contributed by atoms with van der Waals surface area (Å²) in [4.78, 5) is 11.6. The highest BCUT2D eigenvalue weighted by atomic mass is 19.1. The molecule has 3 N–H and O–H groups in total. The van der Waals surface area contributed by atoms with Gasteiger partial charge in [0.25, 0.3) is 5.91 Å². The Morgan fingerprint density at radius 1 is 1.56 bits per heavy atom. The minimum absolute atomic E-state index is 0.0907. The van der Waals surface area contributed by atoms with Crippen LogP contribution < -0.4 is 15.8 Å². The third-order valence-electron chi connectivity index (χ3n) is 2.85. The molecular formula is C13H15FN2O2. The summed E-state index contributed by atoms with van der Waals surface area (Å²) in [5.41, 5.74) is 7.33. The number of nitrogens with one attached hydrogen (secondary N) is 1. The molecule has 1 amide bonds. The molecule has 18 heavy (non-hydrogen) atoms. The number of nitrogens with two attached hydrogens (primary N) is 1. The number of carbonyl (C=O) groups excluding carboxylic acids is 1. The van der Waals surface area contributed by atoms with E-state index in [4.69, 9.17) is 10.5 Å². The standard InChI is InChI=1S/C13H15FN2O2/c14-6-9(7-15)8-18-11-2-1-10-3-4-16-13(17)12(10)5-11/h1-2,5-6H,3-4,7-8,15H2,(H,16,17)/b9-6-. The molecule has 0 bridgehead atoms. The molecule has 2 rings (SSSR count). The van der Waals surface area contributed by atoms with Crippen molar-refractivity contribution in [2.45, 2.75) is 6.42 Å². The molecule has 96 valence electrons. The first-order chi connectivity index (χ1) is 8.74. The van der Waals surface area contributed by atoms with Gasteiger partial charge in [-0.25, -0.2) is 4.39 Å². The van der Waals surface area contributed by atoms with Crippen LogP contribution >= 0.6 is 0 Å². The van der Waals surface area contributed by atoms with Crippen LogP contribution in [0.25, 0.3) is 0 Å². The zero-order valence-corrected chi connectivity index (χ0v) is 9.91. The molecule has 5 heteroatoms. The molecule has 0 saturated carbocycles. The minimum Gasteiger partial charge on any atom is -0.489 e. The number of benzene rings is 1. The lowest BCUT2D eigenvalue weighted by Crippen LogP contribution is -2.31. The second-order valence-corrected chi connectivity index (χ2v) is 4.09. The highest BCUT2D eigenvalue weighted by molar-refractivity contribution is 5.97. The Balaban J connectivity index is 2.11. The topological polar surface area (TPSA) is 64.3 Å². The Morgan fingerprint density at radius 2 is 2.39 bits per heavy atom. The number of ether oxygens (including phenoxy) is 1. The number of hydrogen-bond acceptors (Lipinski definition) is 3. The van der Waals surface area contributed by atoms with Crippen LogP contribution in [-0.2, 0) is 6.42 Å². The van der Waals surface area contributed by atoms with E-state index in [0.717, 1.165) is 12.0 Å². The van der Waals surface area contributed by atoms with Crippen molar-refractivity contribution in [1.29, 1.82) is 0 Å². The van der Waals surface area contributed by atoms with Gasteiger partial charge in [-0.15, -0.1) is 0 Å². The van der Waals surface area contributed by atoms with Crippen molar-refractivity contribution in [2.24, 2.45) is 5.73 Å². The van der Waals surface area contributed by atoms with E-state index in [1.807, 2.05) is 6.07 Å². The van der Waals surface area contributed by atoms with Gasteiger partial charge in [0.2, 0.25) is 0 Å². The van der Waals surface area contributed by atoms with Crippen LogP contribution in [0.2, 0.25) is 0 Å². The molecule has 0 spiro atoms. The van der Waals surface area contributed by atoms with Gasteiger partial charge in [-0.05, 0) is 24.1 Å². The van der Waals surface area contributed by atoms with Gasteiger partial charge < -0.3 is 15.8 Å². The van der Waals surface area contributed by atoms with Crippen molar-refractivity contribution < 1.29 is 13.9 Å². The van der Waals surface area contributed by atoms with E-state index >= 15 is 0 Å². The summed E-state index contributed by atoms with van der Waals surface area (Å²) < 4.78 is 17.7.